The maximum absolute atomic E-state index is 9.19. The van der Waals surface area contributed by atoms with Crippen molar-refractivity contribution in [3.05, 3.63) is 0 Å². The van der Waals surface area contributed by atoms with Crippen molar-refractivity contribution in [2.24, 2.45) is 0 Å². The Bertz CT molecular complexity index is 53.0. The van der Waals surface area contributed by atoms with Crippen molar-refractivity contribution in [1.82, 2.24) is 0 Å². The van der Waals surface area contributed by atoms with Crippen LogP contribution in [0.15, 0.2) is 0 Å². The van der Waals surface area contributed by atoms with E-state index in [-0.39, 0.29) is 0 Å². The molecule has 0 aliphatic carbocycles. The Balaban J connectivity index is 3.47. The number of hydrogen-bond donors (Lipinski definition) is 2. The summed E-state index contributed by atoms with van der Waals surface area (Å²) in [4.78, 5) is 15.0. The van der Waals surface area contributed by atoms with Crippen molar-refractivity contribution in [2.45, 2.75) is 0 Å². The SMILES string of the molecule is O=[P](O)(O)[Co]. The van der Waals surface area contributed by atoms with Gasteiger partial charge in [-0.2, -0.15) is 0 Å². The molecular weight excluding hydrogens is 138 g/mol. The van der Waals surface area contributed by atoms with Crippen molar-refractivity contribution in [2.75, 3.05) is 0 Å². The molecule has 0 heterocycles. The Morgan fingerprint density at radius 2 is 1.60 bits per heavy atom. The van der Waals surface area contributed by atoms with Gasteiger partial charge in [0, 0.05) is 0 Å². The third kappa shape index (κ3) is 76.2. The summed E-state index contributed by atoms with van der Waals surface area (Å²) in [5.74, 6) is 0. The van der Waals surface area contributed by atoms with Crippen molar-refractivity contribution >= 4 is 6.33 Å². The summed E-state index contributed by atoms with van der Waals surface area (Å²) >= 11 is 2.83. The molecule has 0 aliphatic rings. The topological polar surface area (TPSA) is 57.5 Å². The van der Waals surface area contributed by atoms with E-state index in [2.05, 4.69) is 15.3 Å². The van der Waals surface area contributed by atoms with E-state index < -0.39 is 6.33 Å². The molecule has 0 fully saturated rings. The molecule has 0 saturated heterocycles. The molecule has 0 atom stereocenters. The van der Waals surface area contributed by atoms with Gasteiger partial charge in [0.05, 0.1) is 0 Å². The van der Waals surface area contributed by atoms with E-state index in [0.29, 0.717) is 0 Å². The Morgan fingerprint density at radius 3 is 1.60 bits per heavy atom. The van der Waals surface area contributed by atoms with Gasteiger partial charge in [-0.15, -0.1) is 0 Å². The quantitative estimate of drug-likeness (QED) is 0.451. The van der Waals surface area contributed by atoms with Gasteiger partial charge in [0.1, 0.15) is 0 Å². The molecule has 0 aromatic carbocycles. The second-order valence-electron chi connectivity index (χ2n) is 0.447. The van der Waals surface area contributed by atoms with Crippen LogP contribution in [-0.4, -0.2) is 9.79 Å². The van der Waals surface area contributed by atoms with Crippen molar-refractivity contribution < 1.29 is 29.7 Å². The zero-order chi connectivity index (χ0) is 4.50. The summed E-state index contributed by atoms with van der Waals surface area (Å²) in [6.07, 6.45) is -3.95. The molecule has 5 heteroatoms. The first-order valence-corrected chi connectivity index (χ1v) is 3.59. The van der Waals surface area contributed by atoms with Gasteiger partial charge in [-0.25, -0.2) is 0 Å². The summed E-state index contributed by atoms with van der Waals surface area (Å²) < 4.78 is 9.19. The normalized spacial score (nSPS) is 12.0. The fourth-order valence-corrected chi connectivity index (χ4v) is 0. The molecule has 0 radical (unpaired) electrons. The minimum absolute atomic E-state index is 2.83. The molecule has 0 amide bonds. The molecule has 0 aromatic heterocycles. The van der Waals surface area contributed by atoms with E-state index in [1.165, 1.54) is 0 Å². The van der Waals surface area contributed by atoms with Crippen molar-refractivity contribution in [3.63, 3.8) is 0 Å². The Morgan fingerprint density at radius 1 is 1.60 bits per heavy atom. The fourth-order valence-electron chi connectivity index (χ4n) is 0. The van der Waals surface area contributed by atoms with Crippen LogP contribution in [0.3, 0.4) is 0 Å². The molecule has 2 N–H and O–H groups in total. The zero-order valence-electron chi connectivity index (χ0n) is 2.08. The van der Waals surface area contributed by atoms with Crippen LogP contribution in [0.4, 0.5) is 0 Å². The van der Waals surface area contributed by atoms with Crippen LogP contribution in [-0.2, 0) is 19.9 Å². The summed E-state index contributed by atoms with van der Waals surface area (Å²) in [5.41, 5.74) is 0. The second kappa shape index (κ2) is 1.41. The maximum atomic E-state index is 9.19. The van der Waals surface area contributed by atoms with Gasteiger partial charge in [0.25, 0.3) is 0 Å². The van der Waals surface area contributed by atoms with E-state index >= 15 is 0 Å². The van der Waals surface area contributed by atoms with Crippen LogP contribution >= 0.6 is 6.33 Å². The van der Waals surface area contributed by atoms with Crippen LogP contribution in [0.1, 0.15) is 0 Å². The summed E-state index contributed by atoms with van der Waals surface area (Å²) in [7, 11) is 0. The van der Waals surface area contributed by atoms with Gasteiger partial charge in [0.2, 0.25) is 0 Å². The van der Waals surface area contributed by atoms with Gasteiger partial charge in [-0.1, -0.05) is 0 Å². The van der Waals surface area contributed by atoms with Gasteiger partial charge in [-0.05, 0) is 0 Å². The van der Waals surface area contributed by atoms with Crippen LogP contribution in [0.5, 0.6) is 0 Å². The predicted octanol–water partition coefficient (Wildman–Crippen LogP) is -0.374. The van der Waals surface area contributed by atoms with Gasteiger partial charge in [-0.3, -0.25) is 0 Å². The molecule has 0 aromatic rings. The van der Waals surface area contributed by atoms with Crippen molar-refractivity contribution in [3.8, 4) is 0 Å². The molecular formula is H2CoO3P. The molecule has 0 spiro atoms. The molecule has 0 rings (SSSR count). The van der Waals surface area contributed by atoms with E-state index in [0.717, 1.165) is 0 Å². The predicted molar refractivity (Wildman–Crippen MR) is 12.0 cm³/mol. The molecule has 0 saturated carbocycles. The Hall–Kier alpha value is 0.656. The third-order valence-electron chi connectivity index (χ3n) is 0. The van der Waals surface area contributed by atoms with Crippen LogP contribution in [0.25, 0.3) is 0 Å². The standard InChI is InChI=1S/Co.HO3P/c;1-4(2)3/h;(H-,1,2,3)/q-1;/p+1. The van der Waals surface area contributed by atoms with Gasteiger partial charge in [0.15, 0.2) is 0 Å². The fraction of sp³-hybridized carbons (Fsp3) is 0. The minimum atomic E-state index is -3.95. The third-order valence-corrected chi connectivity index (χ3v) is 0. The molecule has 0 unspecified atom stereocenters. The molecule has 5 heavy (non-hydrogen) atoms. The van der Waals surface area contributed by atoms with E-state index in [1.54, 1.807) is 0 Å². The van der Waals surface area contributed by atoms with E-state index in [9.17, 15) is 4.57 Å². The van der Waals surface area contributed by atoms with Gasteiger partial charge >= 0.3 is 36.0 Å². The van der Waals surface area contributed by atoms with Gasteiger partial charge < -0.3 is 0 Å². The molecule has 3 nitrogen and oxygen atoms in total. The average Bonchev–Trinajstić information content (AvgIpc) is 0.722. The van der Waals surface area contributed by atoms with Crippen LogP contribution in [0, 0.1) is 0 Å². The Kier molecular flexibility index (Phi) is 1.59. The molecule has 34 valence electrons. The molecule has 0 bridgehead atoms. The van der Waals surface area contributed by atoms with Crippen LogP contribution < -0.4 is 0 Å². The first-order chi connectivity index (χ1) is 2.00. The van der Waals surface area contributed by atoms with E-state index in [4.69, 9.17) is 9.79 Å². The Labute approximate surface area is 36.8 Å². The summed E-state index contributed by atoms with van der Waals surface area (Å²) in [6.45, 7) is 0. The monoisotopic (exact) mass is 140 g/mol. The summed E-state index contributed by atoms with van der Waals surface area (Å²) in [5, 5.41) is 0. The summed E-state index contributed by atoms with van der Waals surface area (Å²) in [6, 6.07) is 0. The van der Waals surface area contributed by atoms with Crippen molar-refractivity contribution in [1.29, 1.82) is 0 Å². The second-order valence-corrected chi connectivity index (χ2v) is 3.16. The average molecular weight is 140 g/mol. The zero-order valence-corrected chi connectivity index (χ0v) is 4.02. The molecule has 0 aliphatic heterocycles. The first-order valence-electron chi connectivity index (χ1n) is 0.732. The first kappa shape index (κ1) is 5.66. The number of hydrogen-bond acceptors (Lipinski definition) is 1. The number of rotatable bonds is 0. The van der Waals surface area contributed by atoms with E-state index in [1.807, 2.05) is 0 Å². The van der Waals surface area contributed by atoms with Crippen LogP contribution in [0.2, 0.25) is 0 Å².